The van der Waals surface area contributed by atoms with Gasteiger partial charge in [0.1, 0.15) is 0 Å². The molecule has 0 spiro atoms. The molecule has 0 aromatic heterocycles. The first-order chi connectivity index (χ1) is 3.81. The highest BCUT2D eigenvalue weighted by molar-refractivity contribution is 8.10. The molecule has 0 rings (SSSR count). The lowest BCUT2D eigenvalue weighted by Crippen LogP contribution is -1.81. The Bertz CT molecular complexity index is 137. The predicted molar refractivity (Wildman–Crippen MR) is 29.5 cm³/mol. The second-order valence-corrected chi connectivity index (χ2v) is 1.52. The smallest absolute Gasteiger partial charge is 0.300 e. The van der Waals surface area contributed by atoms with Gasteiger partial charge in [0.05, 0.1) is 0 Å². The van der Waals surface area contributed by atoms with Crippen LogP contribution in [0.25, 0.3) is 0 Å². The van der Waals surface area contributed by atoms with Crippen LogP contribution in [0.15, 0.2) is 12.7 Å². The minimum atomic E-state index is -0.369. The van der Waals surface area contributed by atoms with Gasteiger partial charge in [-0.25, -0.2) is 0 Å². The molecule has 8 heavy (non-hydrogen) atoms. The van der Waals surface area contributed by atoms with Gasteiger partial charge in [0.15, 0.2) is 12.0 Å². The van der Waals surface area contributed by atoms with E-state index in [2.05, 4.69) is 10.8 Å². The predicted octanol–water partition coefficient (Wildman–Crippen LogP) is 0.845. The van der Waals surface area contributed by atoms with Gasteiger partial charge in [0.2, 0.25) is 0 Å². The van der Waals surface area contributed by atoms with Gasteiger partial charge in [-0.3, -0.25) is 4.79 Å². The van der Waals surface area contributed by atoms with Crippen molar-refractivity contribution in [2.45, 2.75) is 0 Å². The number of hydrogen-bond donors (Lipinski definition) is 0. The summed E-state index contributed by atoms with van der Waals surface area (Å²) in [5.41, 5.74) is 0. The highest BCUT2D eigenvalue weighted by Crippen LogP contribution is 2.01. The third kappa shape index (κ3) is 3.25. The molecule has 0 atom stereocenters. The number of carbonyl (C=O) groups is 1. The van der Waals surface area contributed by atoms with Crippen molar-refractivity contribution in [3.05, 3.63) is 12.7 Å². The summed E-state index contributed by atoms with van der Waals surface area (Å²) in [4.78, 5) is 10.1. The maximum atomic E-state index is 10.1. The van der Waals surface area contributed by atoms with Crippen molar-refractivity contribution in [1.82, 2.24) is 0 Å². The molecular weight excluding hydrogens is 126 g/mol. The van der Waals surface area contributed by atoms with E-state index in [0.29, 0.717) is 12.0 Å². The quantitative estimate of drug-likeness (QED) is 0.315. The Hall–Kier alpha value is -0.950. The van der Waals surface area contributed by atoms with Gasteiger partial charge in [0, 0.05) is 0 Å². The van der Waals surface area contributed by atoms with E-state index in [9.17, 15) is 4.79 Å². The monoisotopic (exact) mass is 129 g/mol. The van der Waals surface area contributed by atoms with Crippen LogP contribution in [0.5, 0.6) is 0 Å². The Morgan fingerprint density at radius 2 is 2.62 bits per heavy atom. The number of hydrogen-bond acceptors (Lipinski definition) is 4. The lowest BCUT2D eigenvalue weighted by atomic mass is 10.7. The van der Waals surface area contributed by atoms with Crippen molar-refractivity contribution in [1.29, 1.82) is 5.26 Å². The van der Waals surface area contributed by atoms with Gasteiger partial charge in [-0.2, -0.15) is 0 Å². The number of nitriles is 1. The first-order valence-electron chi connectivity index (χ1n) is 1.70. The molecule has 0 aliphatic heterocycles. The van der Waals surface area contributed by atoms with Gasteiger partial charge < -0.3 is 4.18 Å². The third-order valence-electron chi connectivity index (χ3n) is 0.328. The molecule has 0 heterocycles. The van der Waals surface area contributed by atoms with Gasteiger partial charge >= 0.3 is 0 Å². The molecular formula is C4H3NO2S. The van der Waals surface area contributed by atoms with Crippen LogP contribution in [0.1, 0.15) is 0 Å². The molecule has 0 saturated heterocycles. The lowest BCUT2D eigenvalue weighted by Gasteiger charge is -1.82. The molecule has 0 aromatic rings. The van der Waals surface area contributed by atoms with Crippen LogP contribution in [-0.4, -0.2) is 5.12 Å². The van der Waals surface area contributed by atoms with E-state index in [1.165, 1.54) is 6.26 Å². The van der Waals surface area contributed by atoms with Crippen LogP contribution >= 0.6 is 12.0 Å². The Kier molecular flexibility index (Phi) is 3.71. The zero-order chi connectivity index (χ0) is 6.41. The minimum Gasteiger partial charge on any atom is -0.344 e. The number of carbonyl (C=O) groups excluding carboxylic acids is 1. The maximum Gasteiger partial charge on any atom is 0.300 e. The van der Waals surface area contributed by atoms with Gasteiger partial charge in [-0.15, -0.1) is 5.26 Å². The summed E-state index contributed by atoms with van der Waals surface area (Å²) in [6, 6.07) is 0. The van der Waals surface area contributed by atoms with Crippen LogP contribution in [0.2, 0.25) is 0 Å². The van der Waals surface area contributed by atoms with Crippen molar-refractivity contribution in [2.24, 2.45) is 0 Å². The summed E-state index contributed by atoms with van der Waals surface area (Å²) in [5, 5.41) is 7.36. The van der Waals surface area contributed by atoms with Gasteiger partial charge in [-0.05, 0) is 6.08 Å². The third-order valence-corrected chi connectivity index (χ3v) is 0.817. The van der Waals surface area contributed by atoms with Crippen LogP contribution in [0, 0.1) is 11.5 Å². The van der Waals surface area contributed by atoms with Crippen LogP contribution in [0.4, 0.5) is 0 Å². The van der Waals surface area contributed by atoms with Crippen LogP contribution < -0.4 is 0 Å². The molecule has 0 unspecified atom stereocenters. The lowest BCUT2D eigenvalue weighted by molar-refractivity contribution is -0.107. The molecule has 42 valence electrons. The van der Waals surface area contributed by atoms with Crippen LogP contribution in [-0.2, 0) is 8.98 Å². The fourth-order valence-electron chi connectivity index (χ4n) is 0.0937. The summed E-state index contributed by atoms with van der Waals surface area (Å²) in [7, 11) is 0. The largest absolute Gasteiger partial charge is 0.344 e. The van der Waals surface area contributed by atoms with Crippen LogP contribution in [0.3, 0.4) is 0 Å². The normalized spacial score (nSPS) is 6.88. The zero-order valence-electron chi connectivity index (χ0n) is 3.96. The molecule has 3 nitrogen and oxygen atoms in total. The van der Waals surface area contributed by atoms with Crippen molar-refractivity contribution in [3.63, 3.8) is 0 Å². The van der Waals surface area contributed by atoms with Crippen molar-refractivity contribution in [3.8, 4) is 6.26 Å². The fourth-order valence-corrected chi connectivity index (χ4v) is 0.281. The topological polar surface area (TPSA) is 50.1 Å². The SMILES string of the molecule is C=CC(=O)SOC#N. The minimum absolute atomic E-state index is 0.369. The maximum absolute atomic E-state index is 10.1. The molecule has 0 radical (unpaired) electrons. The zero-order valence-corrected chi connectivity index (χ0v) is 4.77. The van der Waals surface area contributed by atoms with Crippen molar-refractivity contribution < 1.29 is 8.98 Å². The second kappa shape index (κ2) is 4.22. The number of nitrogens with zero attached hydrogens (tertiary/aromatic N) is 1. The first-order valence-corrected chi connectivity index (χ1v) is 2.44. The van der Waals surface area contributed by atoms with E-state index in [4.69, 9.17) is 5.26 Å². The molecule has 0 bridgehead atoms. The Morgan fingerprint density at radius 3 is 3.00 bits per heavy atom. The average molecular weight is 129 g/mol. The summed E-state index contributed by atoms with van der Waals surface area (Å²) in [6.45, 7) is 3.15. The van der Waals surface area contributed by atoms with E-state index < -0.39 is 0 Å². The Labute approximate surface area is 51.1 Å². The van der Waals surface area contributed by atoms with E-state index in [0.717, 1.165) is 6.08 Å². The second-order valence-electron chi connectivity index (χ2n) is 0.781. The highest BCUT2D eigenvalue weighted by Gasteiger charge is 1.94. The van der Waals surface area contributed by atoms with E-state index in [-0.39, 0.29) is 5.12 Å². The molecule has 0 aliphatic carbocycles. The Balaban J connectivity index is 3.28. The molecule has 0 aliphatic rings. The van der Waals surface area contributed by atoms with E-state index in [1.807, 2.05) is 0 Å². The average Bonchev–Trinajstić information content (AvgIpc) is 1.83. The molecule has 0 fully saturated rings. The standard InChI is InChI=1S/C4H3NO2S/c1-2-4(6)8-7-3-5/h2H,1H2. The van der Waals surface area contributed by atoms with E-state index >= 15 is 0 Å². The van der Waals surface area contributed by atoms with Gasteiger partial charge in [-0.1, -0.05) is 6.58 Å². The molecule has 0 aromatic carbocycles. The summed E-state index contributed by atoms with van der Waals surface area (Å²) in [6.07, 6.45) is 2.40. The first kappa shape index (κ1) is 7.05. The summed E-state index contributed by atoms with van der Waals surface area (Å²) in [5.74, 6) is 0. The molecule has 0 amide bonds. The molecule has 4 heteroatoms. The summed E-state index contributed by atoms with van der Waals surface area (Å²) < 4.78 is 3.99. The molecule has 0 N–H and O–H groups in total. The molecule has 0 saturated carbocycles. The van der Waals surface area contributed by atoms with E-state index in [1.54, 1.807) is 0 Å². The van der Waals surface area contributed by atoms with Gasteiger partial charge in [0.25, 0.3) is 11.4 Å². The Morgan fingerprint density at radius 1 is 2.00 bits per heavy atom. The highest BCUT2D eigenvalue weighted by atomic mass is 32.2. The van der Waals surface area contributed by atoms with Crippen molar-refractivity contribution >= 4 is 17.2 Å². The van der Waals surface area contributed by atoms with Crippen molar-refractivity contribution in [2.75, 3.05) is 0 Å². The fraction of sp³-hybridized carbons (Fsp3) is 0. The number of rotatable bonds is 2. The summed E-state index contributed by atoms with van der Waals surface area (Å²) >= 11 is 0.458.